The number of likely N-dealkylation sites (N-methyl/N-ethyl adjacent to an activating group) is 1. The quantitative estimate of drug-likeness (QED) is 0.580. The first-order valence-electron chi connectivity index (χ1n) is 9.63. The van der Waals surface area contributed by atoms with Crippen LogP contribution in [0.15, 0.2) is 47.7 Å². The summed E-state index contributed by atoms with van der Waals surface area (Å²) in [5.41, 5.74) is -2.70. The summed E-state index contributed by atoms with van der Waals surface area (Å²) in [6.07, 6.45) is -0.415. The summed E-state index contributed by atoms with van der Waals surface area (Å²) in [6, 6.07) is 5.50. The van der Waals surface area contributed by atoms with Gasteiger partial charge < -0.3 is 18.7 Å². The van der Waals surface area contributed by atoms with E-state index in [1.807, 2.05) is 25.9 Å². The second-order valence-electron chi connectivity index (χ2n) is 7.04. The lowest BCUT2D eigenvalue weighted by molar-refractivity contribution is 0.155. The van der Waals surface area contributed by atoms with Crippen LogP contribution in [0, 0.1) is 0 Å². The molecule has 0 saturated carbocycles. The monoisotopic (exact) mass is 473 g/mol. The smallest absolute Gasteiger partial charge is 0.386 e. The van der Waals surface area contributed by atoms with Crippen molar-refractivity contribution in [1.82, 2.24) is 14.4 Å². The lowest BCUT2D eigenvalue weighted by Crippen LogP contribution is -2.33. The van der Waals surface area contributed by atoms with Crippen LogP contribution in [0.1, 0.15) is 31.9 Å². The zero-order valence-electron chi connectivity index (χ0n) is 17.8. The minimum atomic E-state index is -0.929. The van der Waals surface area contributed by atoms with E-state index in [1.54, 1.807) is 6.92 Å². The maximum Gasteiger partial charge on any atom is 0.386 e. The number of benzene rings is 1. The first-order chi connectivity index (χ1) is 14.6. The van der Waals surface area contributed by atoms with Gasteiger partial charge >= 0.3 is 16.9 Å². The van der Waals surface area contributed by atoms with Crippen molar-refractivity contribution in [3.63, 3.8) is 0 Å². The van der Waals surface area contributed by atoms with Crippen LogP contribution in [0.25, 0.3) is 0 Å². The second kappa shape index (κ2) is 11.2. The average Bonchev–Trinajstić information content (AvgIpc) is 2.70. The second-order valence-corrected chi connectivity index (χ2v) is 7.92. The molecule has 0 spiro atoms. The van der Waals surface area contributed by atoms with Crippen molar-refractivity contribution < 1.29 is 13.8 Å². The SMILES string of the molecule is CCCn1oc(=O)c(C(C)Oc2cc(Cl)cc(Cl)c2)cc(=O)on(CCN(C)C)c1=O. The molecule has 1 aromatic carbocycles. The zero-order chi connectivity index (χ0) is 23.1. The Hall–Kier alpha value is -2.49. The highest BCUT2D eigenvalue weighted by molar-refractivity contribution is 6.34. The van der Waals surface area contributed by atoms with Crippen LogP contribution >= 0.6 is 23.2 Å². The van der Waals surface area contributed by atoms with E-state index in [1.165, 1.54) is 18.2 Å². The molecule has 0 N–H and O–H groups in total. The molecule has 0 saturated heterocycles. The van der Waals surface area contributed by atoms with Crippen LogP contribution in [0.5, 0.6) is 5.75 Å². The Morgan fingerprint density at radius 2 is 1.61 bits per heavy atom. The highest BCUT2D eigenvalue weighted by Gasteiger charge is 2.15. The number of ether oxygens (including phenoxy) is 1. The molecule has 1 aromatic heterocycles. The van der Waals surface area contributed by atoms with Crippen LogP contribution in [-0.2, 0) is 13.1 Å². The number of hydrogen-bond acceptors (Lipinski definition) is 7. The molecule has 0 bridgehead atoms. The fraction of sp³-hybridized carbons (Fsp3) is 0.450. The molecule has 0 aliphatic heterocycles. The van der Waals surface area contributed by atoms with Crippen LogP contribution in [-0.4, -0.2) is 35.0 Å². The van der Waals surface area contributed by atoms with Crippen LogP contribution in [0.4, 0.5) is 0 Å². The van der Waals surface area contributed by atoms with Crippen molar-refractivity contribution in [3.8, 4) is 5.75 Å². The van der Waals surface area contributed by atoms with Crippen molar-refractivity contribution >= 4 is 23.2 Å². The standard InChI is InChI=1S/C20H25Cl2N3O6/c1-5-6-24-20(28)25(8-7-23(3)4)30-18(26)12-17(19(27)31-24)13(2)29-16-10-14(21)9-15(22)11-16/h9-13H,5-8H2,1-4H3. The lowest BCUT2D eigenvalue weighted by atomic mass is 10.2. The fourth-order valence-electron chi connectivity index (χ4n) is 2.60. The predicted octanol–water partition coefficient (Wildman–Crippen LogP) is 3.10. The highest BCUT2D eigenvalue weighted by Crippen LogP contribution is 2.27. The molecule has 11 heteroatoms. The molecule has 2 rings (SSSR count). The van der Waals surface area contributed by atoms with Gasteiger partial charge in [-0.25, -0.2) is 14.4 Å². The molecular weight excluding hydrogens is 449 g/mol. The summed E-state index contributed by atoms with van der Waals surface area (Å²) in [7, 11) is 3.62. The Balaban J connectivity index is 2.63. The fourth-order valence-corrected chi connectivity index (χ4v) is 3.11. The van der Waals surface area contributed by atoms with Gasteiger partial charge in [0.1, 0.15) is 11.9 Å². The van der Waals surface area contributed by atoms with Crippen LogP contribution < -0.4 is 21.7 Å². The Bertz CT molecular complexity index is 1110. The summed E-state index contributed by atoms with van der Waals surface area (Å²) in [6.45, 7) is 4.00. The number of aryl methyl sites for hydroxylation is 1. The number of rotatable bonds is 8. The van der Waals surface area contributed by atoms with Crippen molar-refractivity contribution in [3.05, 3.63) is 71.2 Å². The normalized spacial score (nSPS) is 12.0. The summed E-state index contributed by atoms with van der Waals surface area (Å²) < 4.78 is 17.9. The Morgan fingerprint density at radius 1 is 1.00 bits per heavy atom. The first kappa shape index (κ1) is 24.8. The van der Waals surface area contributed by atoms with E-state index in [0.717, 1.165) is 15.5 Å². The Kier molecular flexibility index (Phi) is 8.97. The summed E-state index contributed by atoms with van der Waals surface area (Å²) in [4.78, 5) is 39.8. The van der Waals surface area contributed by atoms with Gasteiger partial charge in [-0.3, -0.25) is 0 Å². The molecule has 1 atom stereocenters. The average molecular weight is 474 g/mol. The number of hydrogen-bond donors (Lipinski definition) is 0. The molecule has 0 aliphatic rings. The summed E-state index contributed by atoms with van der Waals surface area (Å²) in [5.74, 6) is 0.293. The largest absolute Gasteiger partial charge is 0.486 e. The molecule has 0 aliphatic carbocycles. The molecule has 0 radical (unpaired) electrons. The first-order valence-corrected chi connectivity index (χ1v) is 10.4. The lowest BCUT2D eigenvalue weighted by Gasteiger charge is -2.13. The molecule has 1 heterocycles. The third-order valence-corrected chi connectivity index (χ3v) is 4.53. The Morgan fingerprint density at radius 3 is 2.19 bits per heavy atom. The van der Waals surface area contributed by atoms with Gasteiger partial charge in [0.15, 0.2) is 0 Å². The third kappa shape index (κ3) is 7.30. The van der Waals surface area contributed by atoms with Gasteiger partial charge in [0, 0.05) is 22.7 Å². The van der Waals surface area contributed by atoms with E-state index in [-0.39, 0.29) is 18.7 Å². The van der Waals surface area contributed by atoms with E-state index in [9.17, 15) is 14.4 Å². The third-order valence-electron chi connectivity index (χ3n) is 4.09. The van der Waals surface area contributed by atoms with E-state index in [2.05, 4.69) is 0 Å². The predicted molar refractivity (Wildman–Crippen MR) is 118 cm³/mol. The van der Waals surface area contributed by atoms with Gasteiger partial charge in [0.25, 0.3) is 0 Å². The van der Waals surface area contributed by atoms with E-state index in [4.69, 9.17) is 37.0 Å². The summed E-state index contributed by atoms with van der Waals surface area (Å²) in [5, 5.41) is 0.688. The van der Waals surface area contributed by atoms with Gasteiger partial charge in [-0.05, 0) is 45.6 Å². The van der Waals surface area contributed by atoms with Crippen molar-refractivity contribution in [2.75, 3.05) is 20.6 Å². The highest BCUT2D eigenvalue weighted by atomic mass is 35.5. The molecule has 2 aromatic rings. The van der Waals surface area contributed by atoms with Crippen LogP contribution in [0.2, 0.25) is 10.0 Å². The molecule has 9 nitrogen and oxygen atoms in total. The molecule has 31 heavy (non-hydrogen) atoms. The van der Waals surface area contributed by atoms with E-state index in [0.29, 0.717) is 28.8 Å². The molecule has 170 valence electrons. The van der Waals surface area contributed by atoms with Gasteiger partial charge in [0.05, 0.1) is 18.7 Å². The van der Waals surface area contributed by atoms with Crippen molar-refractivity contribution in [2.45, 2.75) is 39.5 Å². The van der Waals surface area contributed by atoms with Crippen molar-refractivity contribution in [1.29, 1.82) is 0 Å². The van der Waals surface area contributed by atoms with Gasteiger partial charge in [-0.1, -0.05) is 30.1 Å². The zero-order valence-corrected chi connectivity index (χ0v) is 19.3. The van der Waals surface area contributed by atoms with Gasteiger partial charge in [-0.15, -0.1) is 4.74 Å². The van der Waals surface area contributed by atoms with Gasteiger partial charge in [0.2, 0.25) is 0 Å². The minimum absolute atomic E-state index is 0.0889. The maximum absolute atomic E-state index is 12.8. The molecule has 0 fully saturated rings. The molecule has 1 unspecified atom stereocenters. The Labute approximate surface area is 188 Å². The van der Waals surface area contributed by atoms with Crippen molar-refractivity contribution in [2.24, 2.45) is 0 Å². The van der Waals surface area contributed by atoms with E-state index < -0.39 is 23.0 Å². The minimum Gasteiger partial charge on any atom is -0.486 e. The number of halogens is 2. The molecular formula is C20H25Cl2N3O6. The maximum atomic E-state index is 12.8. The number of aromatic nitrogens is 2. The van der Waals surface area contributed by atoms with Crippen LogP contribution in [0.3, 0.4) is 0 Å². The van der Waals surface area contributed by atoms with Gasteiger partial charge in [-0.2, -0.15) is 4.74 Å². The van der Waals surface area contributed by atoms with E-state index >= 15 is 0 Å². The summed E-state index contributed by atoms with van der Waals surface area (Å²) >= 11 is 12.0. The number of nitrogens with zero attached hydrogens (tertiary/aromatic N) is 3. The topological polar surface area (TPSA) is 99.8 Å². The molecule has 0 amide bonds.